The monoisotopic (exact) mass is 230 g/mol. The van der Waals surface area contributed by atoms with Crippen molar-refractivity contribution in [2.24, 2.45) is 11.8 Å². The molecule has 5 heteroatoms. The van der Waals surface area contributed by atoms with Crippen molar-refractivity contribution < 1.29 is 24.2 Å². The van der Waals surface area contributed by atoms with Gasteiger partial charge in [0.15, 0.2) is 6.10 Å². The lowest BCUT2D eigenvalue weighted by Gasteiger charge is -2.20. The number of carboxylic acids is 1. The Bertz CT molecular complexity index is 295. The smallest absolute Gasteiger partial charge is 0.338 e. The normalized spacial score (nSPS) is 25.6. The molecule has 1 saturated heterocycles. The van der Waals surface area contributed by atoms with E-state index in [1.54, 1.807) is 13.8 Å². The van der Waals surface area contributed by atoms with Crippen LogP contribution in [0.1, 0.15) is 34.1 Å². The average molecular weight is 230 g/mol. The summed E-state index contributed by atoms with van der Waals surface area (Å²) in [5.41, 5.74) is 0. The molecule has 2 atom stereocenters. The highest BCUT2D eigenvalue weighted by Gasteiger charge is 2.47. The Morgan fingerprint density at radius 2 is 2.06 bits per heavy atom. The summed E-state index contributed by atoms with van der Waals surface area (Å²) < 4.78 is 10.3. The lowest BCUT2D eigenvalue weighted by atomic mass is 9.92. The predicted octanol–water partition coefficient (Wildman–Crippen LogP) is 1.41. The van der Waals surface area contributed by atoms with Crippen molar-refractivity contribution in [1.82, 2.24) is 0 Å². The lowest BCUT2D eigenvalue weighted by molar-refractivity contribution is -0.164. The summed E-state index contributed by atoms with van der Waals surface area (Å²) in [5, 5.41) is 9.08. The zero-order valence-corrected chi connectivity index (χ0v) is 10.0. The van der Waals surface area contributed by atoms with Gasteiger partial charge >= 0.3 is 11.9 Å². The van der Waals surface area contributed by atoms with Crippen LogP contribution >= 0.6 is 0 Å². The van der Waals surface area contributed by atoms with E-state index >= 15 is 0 Å². The van der Waals surface area contributed by atoms with Crippen molar-refractivity contribution in [3.63, 3.8) is 0 Å². The summed E-state index contributed by atoms with van der Waals surface area (Å²) in [6.45, 7) is 7.00. The molecule has 1 rings (SSSR count). The highest BCUT2D eigenvalue weighted by atomic mass is 16.8. The van der Waals surface area contributed by atoms with Crippen molar-refractivity contribution in [3.05, 3.63) is 0 Å². The summed E-state index contributed by atoms with van der Waals surface area (Å²) in [7, 11) is 0. The summed E-state index contributed by atoms with van der Waals surface area (Å²) in [5.74, 6) is -3.28. The highest BCUT2D eigenvalue weighted by Crippen LogP contribution is 2.31. The van der Waals surface area contributed by atoms with E-state index in [-0.39, 0.29) is 5.92 Å². The molecule has 1 aliphatic rings. The quantitative estimate of drug-likeness (QED) is 0.739. The predicted molar refractivity (Wildman–Crippen MR) is 55.6 cm³/mol. The second-order valence-corrected chi connectivity index (χ2v) is 4.93. The first-order chi connectivity index (χ1) is 7.23. The third-order valence-corrected chi connectivity index (χ3v) is 2.40. The van der Waals surface area contributed by atoms with Crippen LogP contribution in [-0.2, 0) is 19.1 Å². The number of hydrogen-bond acceptors (Lipinski definition) is 4. The molecule has 0 saturated carbocycles. The molecular weight excluding hydrogens is 212 g/mol. The minimum atomic E-state index is -1.02. The summed E-state index contributed by atoms with van der Waals surface area (Å²) in [6.07, 6.45) is -0.597. The number of hydrogen-bond donors (Lipinski definition) is 1. The van der Waals surface area contributed by atoms with Gasteiger partial charge in [0.25, 0.3) is 0 Å². The van der Waals surface area contributed by atoms with Gasteiger partial charge in [0.1, 0.15) is 0 Å². The van der Waals surface area contributed by atoms with E-state index in [1.807, 2.05) is 13.8 Å². The van der Waals surface area contributed by atoms with Gasteiger partial charge in [-0.15, -0.1) is 0 Å². The Kier molecular flexibility index (Phi) is 3.57. The maximum absolute atomic E-state index is 11.5. The second-order valence-electron chi connectivity index (χ2n) is 4.93. The number of ether oxygens (including phenoxy) is 2. The molecule has 0 aromatic rings. The molecule has 0 radical (unpaired) electrons. The Hall–Kier alpha value is -1.10. The molecule has 1 unspecified atom stereocenters. The molecule has 92 valence electrons. The molecule has 0 spiro atoms. The van der Waals surface area contributed by atoms with E-state index in [2.05, 4.69) is 0 Å². The molecule has 16 heavy (non-hydrogen) atoms. The standard InChI is InChI=1S/C11H18O5/c1-6(2)5-7(9(12)13)8-10(14)16-11(3,4)15-8/h6-8H,5H2,1-4H3,(H,12,13)/t7-,8?/m1/s1. The average Bonchev–Trinajstić information content (AvgIpc) is 2.34. The topological polar surface area (TPSA) is 72.8 Å². The van der Waals surface area contributed by atoms with Crippen LogP contribution in [0.2, 0.25) is 0 Å². The third-order valence-electron chi connectivity index (χ3n) is 2.40. The van der Waals surface area contributed by atoms with Gasteiger partial charge in [0.05, 0.1) is 5.92 Å². The first-order valence-electron chi connectivity index (χ1n) is 5.36. The van der Waals surface area contributed by atoms with E-state index in [0.29, 0.717) is 6.42 Å². The maximum atomic E-state index is 11.5. The molecule has 1 heterocycles. The molecular formula is C11H18O5. The number of esters is 1. The third kappa shape index (κ3) is 2.95. The molecule has 0 aliphatic carbocycles. The fraction of sp³-hybridized carbons (Fsp3) is 0.818. The van der Waals surface area contributed by atoms with Crippen LogP contribution in [-0.4, -0.2) is 28.9 Å². The van der Waals surface area contributed by atoms with E-state index in [9.17, 15) is 9.59 Å². The molecule has 0 aromatic heterocycles. The van der Waals surface area contributed by atoms with Gasteiger partial charge in [-0.1, -0.05) is 13.8 Å². The van der Waals surface area contributed by atoms with Crippen molar-refractivity contribution >= 4 is 11.9 Å². The Morgan fingerprint density at radius 3 is 2.38 bits per heavy atom. The summed E-state index contributed by atoms with van der Waals surface area (Å²) in [6, 6.07) is 0. The minimum Gasteiger partial charge on any atom is -0.481 e. The van der Waals surface area contributed by atoms with Gasteiger partial charge in [0.2, 0.25) is 5.79 Å². The van der Waals surface area contributed by atoms with Gasteiger partial charge in [-0.2, -0.15) is 0 Å². The number of cyclic esters (lactones) is 1. The van der Waals surface area contributed by atoms with Gasteiger partial charge in [0, 0.05) is 13.8 Å². The second kappa shape index (κ2) is 4.41. The molecule has 0 aromatic carbocycles. The summed E-state index contributed by atoms with van der Waals surface area (Å²) in [4.78, 5) is 22.6. The summed E-state index contributed by atoms with van der Waals surface area (Å²) >= 11 is 0. The fourth-order valence-electron chi connectivity index (χ4n) is 1.79. The van der Waals surface area contributed by atoms with Gasteiger partial charge in [-0.3, -0.25) is 4.79 Å². The molecule has 0 bridgehead atoms. The van der Waals surface area contributed by atoms with Crippen LogP contribution in [0, 0.1) is 11.8 Å². The van der Waals surface area contributed by atoms with Crippen molar-refractivity contribution in [1.29, 1.82) is 0 Å². The molecule has 0 amide bonds. The number of aliphatic carboxylic acids is 1. The van der Waals surface area contributed by atoms with Crippen LogP contribution in [0.5, 0.6) is 0 Å². The van der Waals surface area contributed by atoms with Crippen LogP contribution < -0.4 is 0 Å². The molecule has 1 aliphatic heterocycles. The highest BCUT2D eigenvalue weighted by molar-refractivity contribution is 5.84. The van der Waals surface area contributed by atoms with Crippen molar-refractivity contribution in [2.75, 3.05) is 0 Å². The number of carboxylic acid groups (broad SMARTS) is 1. The minimum absolute atomic E-state index is 0.182. The van der Waals surface area contributed by atoms with Crippen LogP contribution in [0.25, 0.3) is 0 Å². The maximum Gasteiger partial charge on any atom is 0.338 e. The molecule has 1 fully saturated rings. The first-order valence-corrected chi connectivity index (χ1v) is 5.36. The largest absolute Gasteiger partial charge is 0.481 e. The zero-order valence-electron chi connectivity index (χ0n) is 10.0. The SMILES string of the molecule is CC(C)C[C@@H](C(=O)O)C1OC(C)(C)OC1=O. The van der Waals surface area contributed by atoms with Gasteiger partial charge in [-0.05, 0) is 12.3 Å². The van der Waals surface area contributed by atoms with Crippen molar-refractivity contribution in [2.45, 2.75) is 46.0 Å². The molecule has 1 N–H and O–H groups in total. The number of rotatable bonds is 4. The Labute approximate surface area is 94.7 Å². The van der Waals surface area contributed by atoms with Crippen LogP contribution in [0.4, 0.5) is 0 Å². The zero-order chi connectivity index (χ0) is 12.5. The number of carbonyl (C=O) groups excluding carboxylic acids is 1. The van der Waals surface area contributed by atoms with Crippen molar-refractivity contribution in [3.8, 4) is 0 Å². The van der Waals surface area contributed by atoms with Gasteiger partial charge in [-0.25, -0.2) is 4.79 Å². The van der Waals surface area contributed by atoms with E-state index in [4.69, 9.17) is 14.6 Å². The van der Waals surface area contributed by atoms with E-state index < -0.39 is 29.7 Å². The fourth-order valence-corrected chi connectivity index (χ4v) is 1.79. The van der Waals surface area contributed by atoms with Gasteiger partial charge < -0.3 is 14.6 Å². The van der Waals surface area contributed by atoms with Crippen LogP contribution in [0.15, 0.2) is 0 Å². The molecule has 5 nitrogen and oxygen atoms in total. The first kappa shape index (κ1) is 13.0. The number of carbonyl (C=O) groups is 2. The Balaban J connectivity index is 2.80. The lowest BCUT2D eigenvalue weighted by Crippen LogP contribution is -2.34. The Morgan fingerprint density at radius 1 is 1.50 bits per heavy atom. The van der Waals surface area contributed by atoms with E-state index in [0.717, 1.165) is 0 Å². The van der Waals surface area contributed by atoms with Crippen LogP contribution in [0.3, 0.4) is 0 Å². The van der Waals surface area contributed by atoms with E-state index in [1.165, 1.54) is 0 Å².